The SMILES string of the molecule is CC(=O)N1CCC2(CC1)CN(c1ncccn1)CC21CCNC1=O. The Kier molecular flexibility index (Phi) is 3.47. The van der Waals surface area contributed by atoms with Gasteiger partial charge in [0.2, 0.25) is 17.8 Å². The summed E-state index contributed by atoms with van der Waals surface area (Å²) < 4.78 is 0. The molecule has 1 aromatic rings. The third kappa shape index (κ3) is 2.10. The number of fused-ring (bicyclic) bond motifs is 1. The molecule has 1 atom stereocenters. The number of rotatable bonds is 1. The minimum atomic E-state index is -0.380. The van der Waals surface area contributed by atoms with Crippen LogP contribution in [0.4, 0.5) is 5.95 Å². The molecule has 2 spiro atoms. The molecule has 1 aromatic heterocycles. The highest BCUT2D eigenvalue weighted by atomic mass is 16.2. The summed E-state index contributed by atoms with van der Waals surface area (Å²) in [5.41, 5.74) is -0.478. The van der Waals surface area contributed by atoms with Gasteiger partial charge in [0, 0.05) is 57.5 Å². The van der Waals surface area contributed by atoms with E-state index in [-0.39, 0.29) is 22.6 Å². The van der Waals surface area contributed by atoms with Crippen LogP contribution in [-0.4, -0.2) is 59.4 Å². The Morgan fingerprint density at radius 2 is 1.88 bits per heavy atom. The number of likely N-dealkylation sites (tertiary alicyclic amines) is 1. The van der Waals surface area contributed by atoms with Crippen molar-refractivity contribution < 1.29 is 9.59 Å². The van der Waals surface area contributed by atoms with E-state index in [9.17, 15) is 9.59 Å². The van der Waals surface area contributed by atoms with Gasteiger partial charge >= 0.3 is 0 Å². The molecule has 3 aliphatic heterocycles. The van der Waals surface area contributed by atoms with Gasteiger partial charge in [-0.05, 0) is 25.3 Å². The van der Waals surface area contributed by atoms with Gasteiger partial charge in [0.15, 0.2) is 0 Å². The Labute approximate surface area is 141 Å². The van der Waals surface area contributed by atoms with Gasteiger partial charge in [-0.1, -0.05) is 0 Å². The summed E-state index contributed by atoms with van der Waals surface area (Å²) >= 11 is 0. The van der Waals surface area contributed by atoms with Crippen molar-refractivity contribution in [1.82, 2.24) is 20.2 Å². The monoisotopic (exact) mass is 329 g/mol. The maximum absolute atomic E-state index is 12.8. The van der Waals surface area contributed by atoms with Crippen molar-refractivity contribution in [2.45, 2.75) is 26.2 Å². The largest absolute Gasteiger partial charge is 0.356 e. The van der Waals surface area contributed by atoms with E-state index < -0.39 is 0 Å². The number of carbonyl (C=O) groups excluding carboxylic acids is 2. The van der Waals surface area contributed by atoms with E-state index in [2.05, 4.69) is 20.2 Å². The second kappa shape index (κ2) is 5.43. The standard InChI is InChI=1S/C17H23N5O2/c1-13(23)21-9-4-16(5-10-21)11-22(15-19-6-2-7-20-15)12-17(16)3-8-18-14(17)24/h2,6-7H,3-5,8-12H2,1H3,(H,18,24). The molecule has 0 aliphatic carbocycles. The lowest BCUT2D eigenvalue weighted by molar-refractivity contribution is -0.137. The molecule has 3 fully saturated rings. The fourth-order valence-electron chi connectivity index (χ4n) is 4.88. The van der Waals surface area contributed by atoms with Crippen LogP contribution < -0.4 is 10.2 Å². The highest BCUT2D eigenvalue weighted by Crippen LogP contribution is 2.56. The molecule has 0 aromatic carbocycles. The average Bonchev–Trinajstić information content (AvgIpc) is 3.12. The highest BCUT2D eigenvalue weighted by Gasteiger charge is 2.64. The summed E-state index contributed by atoms with van der Waals surface area (Å²) in [6, 6.07) is 1.80. The van der Waals surface area contributed by atoms with Gasteiger partial charge in [0.1, 0.15) is 0 Å². The molecule has 128 valence electrons. The lowest BCUT2D eigenvalue weighted by atomic mass is 9.60. The number of nitrogens with one attached hydrogen (secondary N) is 1. The van der Waals surface area contributed by atoms with Crippen LogP contribution in [0, 0.1) is 10.8 Å². The molecule has 2 amide bonds. The van der Waals surface area contributed by atoms with E-state index in [1.54, 1.807) is 25.4 Å². The molecule has 0 saturated carbocycles. The maximum Gasteiger partial charge on any atom is 0.228 e. The fraction of sp³-hybridized carbons (Fsp3) is 0.647. The summed E-state index contributed by atoms with van der Waals surface area (Å²) in [5, 5.41) is 3.04. The zero-order chi connectivity index (χ0) is 16.8. The van der Waals surface area contributed by atoms with Gasteiger partial charge in [-0.25, -0.2) is 9.97 Å². The van der Waals surface area contributed by atoms with E-state index >= 15 is 0 Å². The molecule has 1 unspecified atom stereocenters. The van der Waals surface area contributed by atoms with Crippen molar-refractivity contribution in [3.05, 3.63) is 18.5 Å². The number of aromatic nitrogens is 2. The molecular formula is C17H23N5O2. The average molecular weight is 329 g/mol. The van der Waals surface area contributed by atoms with Crippen LogP contribution in [0.15, 0.2) is 18.5 Å². The Hall–Kier alpha value is -2.18. The molecule has 0 bridgehead atoms. The van der Waals surface area contributed by atoms with E-state index in [1.165, 1.54) is 0 Å². The first-order valence-corrected chi connectivity index (χ1v) is 8.62. The van der Waals surface area contributed by atoms with Gasteiger partial charge < -0.3 is 15.1 Å². The Morgan fingerprint density at radius 1 is 1.17 bits per heavy atom. The quantitative estimate of drug-likeness (QED) is 0.808. The molecular weight excluding hydrogens is 306 g/mol. The summed E-state index contributed by atoms with van der Waals surface area (Å²) in [7, 11) is 0. The van der Waals surface area contributed by atoms with Gasteiger partial charge in [-0.3, -0.25) is 9.59 Å². The third-order valence-electron chi connectivity index (χ3n) is 6.24. The number of nitrogens with zero attached hydrogens (tertiary/aromatic N) is 4. The summed E-state index contributed by atoms with van der Waals surface area (Å²) in [5.74, 6) is 0.982. The van der Waals surface area contributed by atoms with Crippen LogP contribution in [0.25, 0.3) is 0 Å². The first-order valence-electron chi connectivity index (χ1n) is 8.62. The Balaban J connectivity index is 1.66. The smallest absolute Gasteiger partial charge is 0.228 e. The number of hydrogen-bond donors (Lipinski definition) is 1. The lowest BCUT2D eigenvalue weighted by Gasteiger charge is -2.46. The minimum absolute atomic E-state index is 0.0985. The topological polar surface area (TPSA) is 78.4 Å². The third-order valence-corrected chi connectivity index (χ3v) is 6.24. The van der Waals surface area contributed by atoms with Gasteiger partial charge in [0.05, 0.1) is 5.41 Å². The van der Waals surface area contributed by atoms with Gasteiger partial charge in [-0.15, -0.1) is 0 Å². The molecule has 7 nitrogen and oxygen atoms in total. The summed E-state index contributed by atoms with van der Waals surface area (Å²) in [4.78, 5) is 37.3. The normalized spacial score (nSPS) is 28.6. The molecule has 4 heterocycles. The van der Waals surface area contributed by atoms with Crippen molar-refractivity contribution in [3.8, 4) is 0 Å². The molecule has 1 N–H and O–H groups in total. The second-order valence-electron chi connectivity index (χ2n) is 7.28. The van der Waals surface area contributed by atoms with Crippen LogP contribution in [0.2, 0.25) is 0 Å². The Morgan fingerprint density at radius 3 is 2.46 bits per heavy atom. The molecule has 7 heteroatoms. The number of anilines is 1. The maximum atomic E-state index is 12.8. The minimum Gasteiger partial charge on any atom is -0.356 e. The predicted molar refractivity (Wildman–Crippen MR) is 88.2 cm³/mol. The van der Waals surface area contributed by atoms with E-state index in [0.29, 0.717) is 12.5 Å². The van der Waals surface area contributed by atoms with Crippen LogP contribution in [0.5, 0.6) is 0 Å². The predicted octanol–water partition coefficient (Wildman–Crippen LogP) is 0.432. The first kappa shape index (κ1) is 15.4. The molecule has 0 radical (unpaired) electrons. The van der Waals surface area contributed by atoms with Crippen molar-refractivity contribution in [2.24, 2.45) is 10.8 Å². The van der Waals surface area contributed by atoms with E-state index in [1.807, 2.05) is 4.90 Å². The van der Waals surface area contributed by atoms with E-state index in [0.717, 1.165) is 45.4 Å². The number of piperidine rings is 1. The van der Waals surface area contributed by atoms with Crippen LogP contribution in [0.3, 0.4) is 0 Å². The molecule has 24 heavy (non-hydrogen) atoms. The van der Waals surface area contributed by atoms with Crippen molar-refractivity contribution in [2.75, 3.05) is 37.6 Å². The molecule has 3 saturated heterocycles. The second-order valence-corrected chi connectivity index (χ2v) is 7.28. The van der Waals surface area contributed by atoms with Crippen LogP contribution in [0.1, 0.15) is 26.2 Å². The number of carbonyl (C=O) groups is 2. The fourth-order valence-corrected chi connectivity index (χ4v) is 4.88. The Bertz CT molecular complexity index is 656. The number of amides is 2. The summed E-state index contributed by atoms with van der Waals surface area (Å²) in [6.07, 6.45) is 6.07. The van der Waals surface area contributed by atoms with Crippen molar-refractivity contribution >= 4 is 17.8 Å². The number of hydrogen-bond acceptors (Lipinski definition) is 5. The van der Waals surface area contributed by atoms with Gasteiger partial charge in [-0.2, -0.15) is 0 Å². The van der Waals surface area contributed by atoms with Crippen molar-refractivity contribution in [3.63, 3.8) is 0 Å². The zero-order valence-electron chi connectivity index (χ0n) is 14.0. The molecule has 3 aliphatic rings. The van der Waals surface area contributed by atoms with Gasteiger partial charge in [0.25, 0.3) is 0 Å². The lowest BCUT2D eigenvalue weighted by Crippen LogP contribution is -2.53. The zero-order valence-corrected chi connectivity index (χ0v) is 14.0. The van der Waals surface area contributed by atoms with E-state index in [4.69, 9.17) is 0 Å². The van der Waals surface area contributed by atoms with Crippen LogP contribution >= 0.6 is 0 Å². The highest BCUT2D eigenvalue weighted by molar-refractivity contribution is 5.87. The van der Waals surface area contributed by atoms with Crippen molar-refractivity contribution in [1.29, 1.82) is 0 Å². The first-order chi connectivity index (χ1) is 11.6. The molecule has 4 rings (SSSR count). The summed E-state index contributed by atoms with van der Waals surface area (Å²) in [6.45, 7) is 5.27. The van der Waals surface area contributed by atoms with Crippen LogP contribution in [-0.2, 0) is 9.59 Å².